The van der Waals surface area contributed by atoms with Crippen LogP contribution in [0.1, 0.15) is 31.9 Å². The van der Waals surface area contributed by atoms with E-state index in [4.69, 9.17) is 11.6 Å². The van der Waals surface area contributed by atoms with E-state index >= 15 is 0 Å². The van der Waals surface area contributed by atoms with Crippen molar-refractivity contribution in [1.29, 1.82) is 0 Å². The summed E-state index contributed by atoms with van der Waals surface area (Å²) < 4.78 is 0. The van der Waals surface area contributed by atoms with E-state index in [1.165, 1.54) is 5.56 Å². The summed E-state index contributed by atoms with van der Waals surface area (Å²) in [6.07, 6.45) is 1.09. The summed E-state index contributed by atoms with van der Waals surface area (Å²) in [6, 6.07) is 6.38. The summed E-state index contributed by atoms with van der Waals surface area (Å²) in [6.45, 7) is 11.0. The van der Waals surface area contributed by atoms with Gasteiger partial charge in [-0.1, -0.05) is 44.5 Å². The first-order valence-corrected chi connectivity index (χ1v) is 6.82. The van der Waals surface area contributed by atoms with E-state index in [1.807, 2.05) is 6.92 Å². The van der Waals surface area contributed by atoms with Gasteiger partial charge in [0.25, 0.3) is 0 Å². The molecular weight excluding hydrogens is 230 g/mol. The molecule has 0 aliphatic rings. The normalized spacial score (nSPS) is 13.1. The molecule has 0 saturated heterocycles. The van der Waals surface area contributed by atoms with Crippen molar-refractivity contribution >= 4 is 11.6 Å². The van der Waals surface area contributed by atoms with Gasteiger partial charge in [0.1, 0.15) is 0 Å². The van der Waals surface area contributed by atoms with Gasteiger partial charge in [-0.05, 0) is 55.5 Å². The van der Waals surface area contributed by atoms with E-state index < -0.39 is 0 Å². The van der Waals surface area contributed by atoms with Gasteiger partial charge in [-0.25, -0.2) is 0 Å². The van der Waals surface area contributed by atoms with Gasteiger partial charge in [0, 0.05) is 5.02 Å². The number of hydrogen-bond acceptors (Lipinski definition) is 1. The molecule has 0 aliphatic heterocycles. The molecule has 1 aromatic carbocycles. The van der Waals surface area contributed by atoms with E-state index in [9.17, 15) is 0 Å². The van der Waals surface area contributed by atoms with Gasteiger partial charge in [0.05, 0.1) is 0 Å². The van der Waals surface area contributed by atoms with Crippen LogP contribution in [0.25, 0.3) is 0 Å². The summed E-state index contributed by atoms with van der Waals surface area (Å²) in [4.78, 5) is 0. The van der Waals surface area contributed by atoms with Crippen molar-refractivity contribution in [3.05, 3.63) is 34.3 Å². The van der Waals surface area contributed by atoms with E-state index in [0.717, 1.165) is 36.0 Å². The van der Waals surface area contributed by atoms with Gasteiger partial charge in [0.15, 0.2) is 0 Å². The Hall–Kier alpha value is -0.530. The molecule has 0 fully saturated rings. The molecule has 1 N–H and O–H groups in total. The Labute approximate surface area is 111 Å². The van der Waals surface area contributed by atoms with Gasteiger partial charge in [-0.15, -0.1) is 0 Å². The molecule has 17 heavy (non-hydrogen) atoms. The lowest BCUT2D eigenvalue weighted by Crippen LogP contribution is -2.26. The van der Waals surface area contributed by atoms with Crippen molar-refractivity contribution < 1.29 is 0 Å². The first-order chi connectivity index (χ1) is 7.99. The van der Waals surface area contributed by atoms with Gasteiger partial charge in [-0.2, -0.15) is 0 Å². The number of benzene rings is 1. The highest BCUT2D eigenvalue weighted by molar-refractivity contribution is 6.31. The Kier molecular flexibility index (Phi) is 6.01. The average Bonchev–Trinajstić information content (AvgIpc) is 2.23. The molecule has 1 aromatic rings. The Morgan fingerprint density at radius 3 is 2.47 bits per heavy atom. The topological polar surface area (TPSA) is 12.0 Å². The highest BCUT2D eigenvalue weighted by Crippen LogP contribution is 2.18. The van der Waals surface area contributed by atoms with Crippen molar-refractivity contribution in [3.8, 4) is 0 Å². The molecule has 0 bridgehead atoms. The van der Waals surface area contributed by atoms with E-state index in [-0.39, 0.29) is 0 Å². The molecule has 0 aliphatic carbocycles. The van der Waals surface area contributed by atoms with Crippen LogP contribution in [0, 0.1) is 18.8 Å². The number of nitrogens with one attached hydrogen (secondary N) is 1. The maximum Gasteiger partial charge on any atom is 0.0437 e. The summed E-state index contributed by atoms with van der Waals surface area (Å²) in [5.41, 5.74) is 2.49. The average molecular weight is 254 g/mol. The molecule has 0 aromatic heterocycles. The number of halogens is 1. The zero-order chi connectivity index (χ0) is 12.8. The third-order valence-electron chi connectivity index (χ3n) is 2.87. The third-order valence-corrected chi connectivity index (χ3v) is 3.27. The molecule has 96 valence electrons. The molecule has 0 amide bonds. The minimum atomic E-state index is 0.646. The Morgan fingerprint density at radius 2 is 1.88 bits per heavy atom. The maximum absolute atomic E-state index is 6.13. The molecule has 1 atom stereocenters. The lowest BCUT2D eigenvalue weighted by molar-refractivity contribution is 0.473. The first-order valence-electron chi connectivity index (χ1n) is 6.44. The number of aryl methyl sites for hydroxylation is 1. The van der Waals surface area contributed by atoms with Crippen LogP contribution in [0.2, 0.25) is 5.02 Å². The molecule has 0 radical (unpaired) electrons. The molecule has 0 spiro atoms. The Bertz CT molecular complexity index is 347. The third kappa shape index (κ3) is 5.56. The highest BCUT2D eigenvalue weighted by atomic mass is 35.5. The Morgan fingerprint density at radius 1 is 1.18 bits per heavy atom. The summed E-state index contributed by atoms with van der Waals surface area (Å²) in [5.74, 6) is 1.36. The van der Waals surface area contributed by atoms with Crippen LogP contribution in [-0.4, -0.2) is 13.1 Å². The molecule has 1 rings (SSSR count). The zero-order valence-electron chi connectivity index (χ0n) is 11.4. The van der Waals surface area contributed by atoms with Crippen molar-refractivity contribution in [3.63, 3.8) is 0 Å². The molecule has 1 nitrogen and oxygen atoms in total. The van der Waals surface area contributed by atoms with Gasteiger partial charge in [-0.3, -0.25) is 0 Å². The summed E-state index contributed by atoms with van der Waals surface area (Å²) in [5, 5.41) is 4.38. The largest absolute Gasteiger partial charge is 0.316 e. The molecule has 1 unspecified atom stereocenters. The van der Waals surface area contributed by atoms with Crippen molar-refractivity contribution in [2.75, 3.05) is 13.1 Å². The molecular formula is C15H24ClN. The van der Waals surface area contributed by atoms with E-state index in [2.05, 4.69) is 44.3 Å². The lowest BCUT2D eigenvalue weighted by Gasteiger charge is -2.14. The van der Waals surface area contributed by atoms with Crippen molar-refractivity contribution in [2.24, 2.45) is 11.8 Å². The van der Waals surface area contributed by atoms with Crippen LogP contribution < -0.4 is 5.32 Å². The van der Waals surface area contributed by atoms with Crippen molar-refractivity contribution in [2.45, 2.75) is 34.1 Å². The van der Waals surface area contributed by atoms with Crippen LogP contribution >= 0.6 is 11.6 Å². The second kappa shape index (κ2) is 7.03. The first kappa shape index (κ1) is 14.5. The maximum atomic E-state index is 6.13. The minimum absolute atomic E-state index is 0.646. The fraction of sp³-hybridized carbons (Fsp3) is 0.600. The highest BCUT2D eigenvalue weighted by Gasteiger charge is 2.05. The zero-order valence-corrected chi connectivity index (χ0v) is 12.1. The number of rotatable bonds is 6. The SMILES string of the molecule is Cc1ccc(CC(C)CNCC(C)C)cc1Cl. The van der Waals surface area contributed by atoms with Crippen LogP contribution in [0.5, 0.6) is 0 Å². The lowest BCUT2D eigenvalue weighted by atomic mass is 10.00. The van der Waals surface area contributed by atoms with Crippen LogP contribution in [0.3, 0.4) is 0 Å². The predicted octanol–water partition coefficient (Wildman–Crippen LogP) is 4.07. The van der Waals surface area contributed by atoms with Crippen LogP contribution in [0.15, 0.2) is 18.2 Å². The second-order valence-corrected chi connectivity index (χ2v) is 5.85. The quantitative estimate of drug-likeness (QED) is 0.806. The fourth-order valence-corrected chi connectivity index (χ4v) is 2.06. The van der Waals surface area contributed by atoms with Crippen LogP contribution in [-0.2, 0) is 6.42 Å². The van der Waals surface area contributed by atoms with Gasteiger partial charge >= 0.3 is 0 Å². The standard InChI is InChI=1S/C15H24ClN/c1-11(2)9-17-10-12(3)7-14-6-5-13(4)15(16)8-14/h5-6,8,11-12,17H,7,9-10H2,1-4H3. The molecule has 0 heterocycles. The minimum Gasteiger partial charge on any atom is -0.316 e. The van der Waals surface area contributed by atoms with E-state index in [0.29, 0.717) is 5.92 Å². The smallest absolute Gasteiger partial charge is 0.0437 e. The molecule has 0 saturated carbocycles. The number of hydrogen-bond donors (Lipinski definition) is 1. The van der Waals surface area contributed by atoms with E-state index in [1.54, 1.807) is 0 Å². The van der Waals surface area contributed by atoms with Crippen LogP contribution in [0.4, 0.5) is 0 Å². The summed E-state index contributed by atoms with van der Waals surface area (Å²) in [7, 11) is 0. The monoisotopic (exact) mass is 253 g/mol. The predicted molar refractivity (Wildman–Crippen MR) is 76.8 cm³/mol. The van der Waals surface area contributed by atoms with Crippen molar-refractivity contribution in [1.82, 2.24) is 5.32 Å². The Balaban J connectivity index is 2.39. The van der Waals surface area contributed by atoms with Gasteiger partial charge < -0.3 is 5.32 Å². The fourth-order valence-electron chi connectivity index (χ4n) is 1.86. The van der Waals surface area contributed by atoms with Gasteiger partial charge in [0.2, 0.25) is 0 Å². The second-order valence-electron chi connectivity index (χ2n) is 5.44. The summed E-state index contributed by atoms with van der Waals surface area (Å²) >= 11 is 6.13. The molecule has 2 heteroatoms.